The van der Waals surface area contributed by atoms with E-state index in [1.54, 1.807) is 19.1 Å². The van der Waals surface area contributed by atoms with Crippen LogP contribution in [0.1, 0.15) is 37.8 Å². The monoisotopic (exact) mass is 245 g/mol. The summed E-state index contributed by atoms with van der Waals surface area (Å²) in [6.07, 6.45) is 1.53. The minimum absolute atomic E-state index is 0.145. The molecular formula is C14H19N3O. The quantitative estimate of drug-likeness (QED) is 0.828. The lowest BCUT2D eigenvalue weighted by Gasteiger charge is -2.22. The molecule has 4 heteroatoms. The highest BCUT2D eigenvalue weighted by atomic mass is 16.2. The topological polar surface area (TPSA) is 78.9 Å². The third-order valence-corrected chi connectivity index (χ3v) is 2.82. The fourth-order valence-corrected chi connectivity index (χ4v) is 1.71. The van der Waals surface area contributed by atoms with Crippen molar-refractivity contribution in [3.8, 4) is 6.07 Å². The average Bonchev–Trinajstić information content (AvgIpc) is 2.36. The molecule has 1 aromatic carbocycles. The first-order valence-electron chi connectivity index (χ1n) is 6.06. The van der Waals surface area contributed by atoms with Gasteiger partial charge >= 0.3 is 0 Å². The number of amides is 1. The van der Waals surface area contributed by atoms with Crippen molar-refractivity contribution in [1.29, 1.82) is 5.26 Å². The van der Waals surface area contributed by atoms with Crippen LogP contribution in [0.4, 0.5) is 0 Å². The molecule has 0 saturated carbocycles. The Labute approximate surface area is 108 Å². The zero-order chi connectivity index (χ0) is 13.6. The SMILES string of the molecule is CCCC(C)(N)C(=O)NCc1ccc(C#N)cc1. The van der Waals surface area contributed by atoms with E-state index in [9.17, 15) is 4.79 Å². The summed E-state index contributed by atoms with van der Waals surface area (Å²) in [6, 6.07) is 9.17. The van der Waals surface area contributed by atoms with Crippen molar-refractivity contribution in [1.82, 2.24) is 5.32 Å². The molecule has 0 spiro atoms. The molecule has 1 rings (SSSR count). The van der Waals surface area contributed by atoms with E-state index in [2.05, 4.69) is 11.4 Å². The minimum atomic E-state index is -0.818. The number of nitrogens with two attached hydrogens (primary N) is 1. The number of hydrogen-bond acceptors (Lipinski definition) is 3. The second-order valence-corrected chi connectivity index (χ2v) is 4.66. The predicted molar refractivity (Wildman–Crippen MR) is 70.5 cm³/mol. The van der Waals surface area contributed by atoms with Crippen molar-refractivity contribution < 1.29 is 4.79 Å². The summed E-state index contributed by atoms with van der Waals surface area (Å²) in [5, 5.41) is 11.5. The third-order valence-electron chi connectivity index (χ3n) is 2.82. The molecule has 0 fully saturated rings. The van der Waals surface area contributed by atoms with Crippen LogP contribution in [0.3, 0.4) is 0 Å². The summed E-state index contributed by atoms with van der Waals surface area (Å²) < 4.78 is 0. The molecule has 18 heavy (non-hydrogen) atoms. The highest BCUT2D eigenvalue weighted by Crippen LogP contribution is 2.09. The highest BCUT2D eigenvalue weighted by molar-refractivity contribution is 5.85. The number of rotatable bonds is 5. The van der Waals surface area contributed by atoms with Gasteiger partial charge in [0.2, 0.25) is 5.91 Å². The normalized spacial score (nSPS) is 13.4. The predicted octanol–water partition coefficient (Wildman–Crippen LogP) is 1.69. The van der Waals surface area contributed by atoms with Crippen molar-refractivity contribution in [3.05, 3.63) is 35.4 Å². The molecule has 1 amide bonds. The smallest absolute Gasteiger partial charge is 0.240 e. The number of carbonyl (C=O) groups is 1. The Balaban J connectivity index is 2.54. The molecule has 0 radical (unpaired) electrons. The second kappa shape index (κ2) is 6.18. The van der Waals surface area contributed by atoms with Crippen molar-refractivity contribution in [2.75, 3.05) is 0 Å². The molecule has 0 bridgehead atoms. The van der Waals surface area contributed by atoms with Gasteiger partial charge in [-0.05, 0) is 31.0 Å². The maximum Gasteiger partial charge on any atom is 0.240 e. The van der Waals surface area contributed by atoms with E-state index < -0.39 is 5.54 Å². The van der Waals surface area contributed by atoms with Crippen molar-refractivity contribution >= 4 is 5.91 Å². The molecule has 1 atom stereocenters. The van der Waals surface area contributed by atoms with Crippen LogP contribution in [-0.2, 0) is 11.3 Å². The maximum absolute atomic E-state index is 11.9. The van der Waals surface area contributed by atoms with E-state index in [0.29, 0.717) is 18.5 Å². The van der Waals surface area contributed by atoms with Gasteiger partial charge in [0.05, 0.1) is 17.2 Å². The Morgan fingerprint density at radius 3 is 2.56 bits per heavy atom. The second-order valence-electron chi connectivity index (χ2n) is 4.66. The van der Waals surface area contributed by atoms with Crippen LogP contribution in [0.2, 0.25) is 0 Å². The molecule has 96 valence electrons. The fraction of sp³-hybridized carbons (Fsp3) is 0.429. The zero-order valence-corrected chi connectivity index (χ0v) is 10.9. The van der Waals surface area contributed by atoms with Crippen LogP contribution in [0.5, 0.6) is 0 Å². The Hall–Kier alpha value is -1.86. The van der Waals surface area contributed by atoms with Crippen LogP contribution in [0.15, 0.2) is 24.3 Å². The van der Waals surface area contributed by atoms with Gasteiger partial charge in [0.25, 0.3) is 0 Å². The summed E-state index contributed by atoms with van der Waals surface area (Å²) in [4.78, 5) is 11.9. The molecular weight excluding hydrogens is 226 g/mol. The molecule has 3 N–H and O–H groups in total. The van der Waals surface area contributed by atoms with E-state index in [-0.39, 0.29) is 5.91 Å². The molecule has 0 aliphatic rings. The summed E-state index contributed by atoms with van der Waals surface area (Å²) in [7, 11) is 0. The average molecular weight is 245 g/mol. The van der Waals surface area contributed by atoms with Crippen LogP contribution in [0, 0.1) is 11.3 Å². The summed E-state index contributed by atoms with van der Waals surface area (Å²) in [6.45, 7) is 4.17. The summed E-state index contributed by atoms with van der Waals surface area (Å²) in [5.41, 5.74) is 6.67. The van der Waals surface area contributed by atoms with Crippen LogP contribution < -0.4 is 11.1 Å². The molecule has 4 nitrogen and oxygen atoms in total. The molecule has 0 aliphatic carbocycles. The summed E-state index contributed by atoms with van der Waals surface area (Å²) in [5.74, 6) is -0.145. The third kappa shape index (κ3) is 3.86. The number of nitrogens with one attached hydrogen (secondary N) is 1. The zero-order valence-electron chi connectivity index (χ0n) is 10.9. The lowest BCUT2D eigenvalue weighted by molar-refractivity contribution is -0.126. The van der Waals surface area contributed by atoms with Gasteiger partial charge < -0.3 is 11.1 Å². The van der Waals surface area contributed by atoms with E-state index in [1.807, 2.05) is 19.1 Å². The summed E-state index contributed by atoms with van der Waals surface area (Å²) >= 11 is 0. The van der Waals surface area contributed by atoms with Crippen molar-refractivity contribution in [2.24, 2.45) is 5.73 Å². The molecule has 1 unspecified atom stereocenters. The first kappa shape index (κ1) is 14.2. The Morgan fingerprint density at radius 1 is 1.44 bits per heavy atom. The van der Waals surface area contributed by atoms with Gasteiger partial charge in [-0.1, -0.05) is 25.5 Å². The first-order valence-corrected chi connectivity index (χ1v) is 6.06. The van der Waals surface area contributed by atoms with Gasteiger partial charge in [0, 0.05) is 6.54 Å². The first-order chi connectivity index (χ1) is 8.49. The van der Waals surface area contributed by atoms with Gasteiger partial charge in [-0.2, -0.15) is 5.26 Å². The molecule has 1 aromatic rings. The standard InChI is InChI=1S/C14H19N3O/c1-3-8-14(2,16)13(18)17-10-12-6-4-11(9-15)5-7-12/h4-7H,3,8,10,16H2,1-2H3,(H,17,18). The maximum atomic E-state index is 11.9. The molecule has 0 heterocycles. The highest BCUT2D eigenvalue weighted by Gasteiger charge is 2.26. The lowest BCUT2D eigenvalue weighted by Crippen LogP contribution is -2.51. The van der Waals surface area contributed by atoms with Gasteiger partial charge in [-0.15, -0.1) is 0 Å². The van der Waals surface area contributed by atoms with Crippen LogP contribution in [-0.4, -0.2) is 11.4 Å². The van der Waals surface area contributed by atoms with Crippen LogP contribution >= 0.6 is 0 Å². The number of benzene rings is 1. The van der Waals surface area contributed by atoms with Crippen molar-refractivity contribution in [3.63, 3.8) is 0 Å². The number of carbonyl (C=O) groups excluding carboxylic acids is 1. The molecule has 0 saturated heterocycles. The largest absolute Gasteiger partial charge is 0.350 e. The number of nitriles is 1. The Bertz CT molecular complexity index is 443. The minimum Gasteiger partial charge on any atom is -0.350 e. The molecule has 0 aliphatic heterocycles. The van der Waals surface area contributed by atoms with Crippen molar-refractivity contribution in [2.45, 2.75) is 38.8 Å². The van der Waals surface area contributed by atoms with Gasteiger partial charge in [-0.25, -0.2) is 0 Å². The van der Waals surface area contributed by atoms with Crippen LogP contribution in [0.25, 0.3) is 0 Å². The Morgan fingerprint density at radius 2 is 2.06 bits per heavy atom. The number of nitrogens with zero attached hydrogens (tertiary/aromatic N) is 1. The lowest BCUT2D eigenvalue weighted by atomic mass is 9.96. The number of hydrogen-bond donors (Lipinski definition) is 2. The van der Waals surface area contributed by atoms with E-state index >= 15 is 0 Å². The van der Waals surface area contributed by atoms with E-state index in [1.165, 1.54) is 0 Å². The van der Waals surface area contributed by atoms with E-state index in [4.69, 9.17) is 11.0 Å². The molecule has 0 aromatic heterocycles. The van der Waals surface area contributed by atoms with E-state index in [0.717, 1.165) is 12.0 Å². The Kier molecular flexibility index (Phi) is 4.87. The van der Waals surface area contributed by atoms with Gasteiger partial charge in [0.1, 0.15) is 0 Å². The van der Waals surface area contributed by atoms with Gasteiger partial charge in [0.15, 0.2) is 0 Å². The fourth-order valence-electron chi connectivity index (χ4n) is 1.71. The van der Waals surface area contributed by atoms with Gasteiger partial charge in [-0.3, -0.25) is 4.79 Å².